The molecule has 0 saturated heterocycles. The Morgan fingerprint density at radius 1 is 1.03 bits per heavy atom. The monoisotopic (exact) mass is 483 g/mol. The van der Waals surface area contributed by atoms with E-state index in [0.717, 1.165) is 16.8 Å². The highest BCUT2D eigenvalue weighted by molar-refractivity contribution is 7.71. The molecule has 6 nitrogen and oxygen atoms in total. The Kier molecular flexibility index (Phi) is 6.90. The van der Waals surface area contributed by atoms with E-state index in [-0.39, 0.29) is 12.5 Å². The van der Waals surface area contributed by atoms with E-state index in [1.165, 1.54) is 0 Å². The number of nitrogens with zero attached hydrogens (tertiary/aromatic N) is 2. The van der Waals surface area contributed by atoms with Crippen LogP contribution in [0.5, 0.6) is 0 Å². The fraction of sp³-hybridized carbons (Fsp3) is 0.0870. The number of carbonyl (C=O) groups is 1. The molecule has 162 valence electrons. The first-order valence-corrected chi connectivity index (χ1v) is 10.9. The normalized spacial score (nSPS) is 10.7. The van der Waals surface area contributed by atoms with Gasteiger partial charge < -0.3 is 10.6 Å². The predicted molar refractivity (Wildman–Crippen MR) is 132 cm³/mol. The van der Waals surface area contributed by atoms with Crippen molar-refractivity contribution in [3.63, 3.8) is 0 Å². The number of nitrogens with one attached hydrogen (secondary N) is 3. The molecule has 0 fully saturated rings. The van der Waals surface area contributed by atoms with Gasteiger partial charge >= 0.3 is 0 Å². The van der Waals surface area contributed by atoms with E-state index in [4.69, 9.17) is 35.4 Å². The smallest absolute Gasteiger partial charge is 0.244 e. The zero-order valence-corrected chi connectivity index (χ0v) is 19.1. The maximum atomic E-state index is 12.7. The number of aromatic amines is 1. The van der Waals surface area contributed by atoms with Gasteiger partial charge in [0.2, 0.25) is 5.91 Å². The van der Waals surface area contributed by atoms with E-state index in [0.29, 0.717) is 32.9 Å². The molecule has 0 saturated carbocycles. The van der Waals surface area contributed by atoms with E-state index in [1.807, 2.05) is 48.5 Å². The van der Waals surface area contributed by atoms with Crippen molar-refractivity contribution in [3.05, 3.63) is 93.2 Å². The third kappa shape index (κ3) is 5.37. The molecule has 0 atom stereocenters. The number of halogens is 2. The average Bonchev–Trinajstić information content (AvgIpc) is 3.14. The third-order valence-corrected chi connectivity index (χ3v) is 5.62. The van der Waals surface area contributed by atoms with Gasteiger partial charge in [-0.15, -0.1) is 0 Å². The number of aromatic nitrogens is 3. The molecule has 1 heterocycles. The quantitative estimate of drug-likeness (QED) is 0.275. The summed E-state index contributed by atoms with van der Waals surface area (Å²) in [6.07, 6.45) is 0. The van der Waals surface area contributed by atoms with Gasteiger partial charge in [-0.1, -0.05) is 53.5 Å². The molecular formula is C23H19Cl2N5OS. The van der Waals surface area contributed by atoms with Crippen molar-refractivity contribution >= 4 is 52.7 Å². The van der Waals surface area contributed by atoms with Gasteiger partial charge in [0.25, 0.3) is 0 Å². The fourth-order valence-electron chi connectivity index (χ4n) is 3.16. The summed E-state index contributed by atoms with van der Waals surface area (Å²) in [6, 6.07) is 22.5. The maximum Gasteiger partial charge on any atom is 0.244 e. The first-order chi connectivity index (χ1) is 15.5. The van der Waals surface area contributed by atoms with E-state index >= 15 is 0 Å². The number of anilines is 2. The first-order valence-electron chi connectivity index (χ1n) is 9.78. The molecule has 0 aliphatic carbocycles. The van der Waals surface area contributed by atoms with Gasteiger partial charge in [0.05, 0.1) is 10.7 Å². The van der Waals surface area contributed by atoms with Crippen molar-refractivity contribution in [2.75, 3.05) is 10.6 Å². The lowest BCUT2D eigenvalue weighted by molar-refractivity contribution is -0.116. The Morgan fingerprint density at radius 3 is 2.50 bits per heavy atom. The molecule has 4 rings (SSSR count). The second kappa shape index (κ2) is 9.99. The van der Waals surface area contributed by atoms with Gasteiger partial charge in [0, 0.05) is 22.8 Å². The van der Waals surface area contributed by atoms with Crippen LogP contribution in [0.2, 0.25) is 10.0 Å². The van der Waals surface area contributed by atoms with E-state index in [2.05, 4.69) is 20.8 Å². The van der Waals surface area contributed by atoms with Gasteiger partial charge in [-0.3, -0.25) is 14.5 Å². The van der Waals surface area contributed by atoms with Crippen LogP contribution in [0.4, 0.5) is 11.4 Å². The largest absolute Gasteiger partial charge is 0.380 e. The summed E-state index contributed by atoms with van der Waals surface area (Å²) in [6.45, 7) is 0.650. The summed E-state index contributed by atoms with van der Waals surface area (Å²) < 4.78 is 1.98. The highest BCUT2D eigenvalue weighted by Crippen LogP contribution is 2.26. The van der Waals surface area contributed by atoms with Crippen molar-refractivity contribution in [3.8, 4) is 11.4 Å². The van der Waals surface area contributed by atoms with Crippen molar-refractivity contribution in [2.45, 2.75) is 13.1 Å². The van der Waals surface area contributed by atoms with Crippen LogP contribution in [0.15, 0.2) is 72.8 Å². The molecular weight excluding hydrogens is 465 g/mol. The Labute approximate surface area is 200 Å². The number of hydrogen-bond acceptors (Lipinski definition) is 4. The van der Waals surface area contributed by atoms with Crippen LogP contribution in [0.3, 0.4) is 0 Å². The van der Waals surface area contributed by atoms with Crippen LogP contribution in [0, 0.1) is 4.77 Å². The lowest BCUT2D eigenvalue weighted by atomic mass is 10.2. The predicted octanol–water partition coefficient (Wildman–Crippen LogP) is 6.17. The van der Waals surface area contributed by atoms with Crippen molar-refractivity contribution in [1.82, 2.24) is 14.8 Å². The lowest BCUT2D eigenvalue weighted by Gasteiger charge is -2.12. The lowest BCUT2D eigenvalue weighted by Crippen LogP contribution is -2.19. The number of carbonyl (C=O) groups excluding carboxylic acids is 1. The summed E-state index contributed by atoms with van der Waals surface area (Å²) in [5.74, 6) is 0.305. The minimum absolute atomic E-state index is 0.00107. The Balaban J connectivity index is 1.42. The SMILES string of the molecule is O=C(Cn1c(-c2ccc(Cl)cc2)n[nH]c1=S)Nc1ccc(NCc2ccccc2)c(Cl)c1. The van der Waals surface area contributed by atoms with Gasteiger partial charge in [0.15, 0.2) is 10.6 Å². The second-order valence-corrected chi connectivity index (χ2v) is 8.26. The molecule has 1 amide bonds. The summed E-state index contributed by atoms with van der Waals surface area (Å²) in [7, 11) is 0. The van der Waals surface area contributed by atoms with Crippen LogP contribution in [-0.2, 0) is 17.9 Å². The standard InChI is InChI=1S/C23H19Cl2N5OS/c24-17-8-6-16(7-9-17)22-28-29-23(32)30(22)14-21(31)27-18-10-11-20(19(25)12-18)26-13-15-4-2-1-3-5-15/h1-12,26H,13-14H2,(H,27,31)(H,29,32). The van der Waals surface area contributed by atoms with Gasteiger partial charge in [-0.2, -0.15) is 5.10 Å². The van der Waals surface area contributed by atoms with Crippen LogP contribution in [-0.4, -0.2) is 20.7 Å². The van der Waals surface area contributed by atoms with Crippen molar-refractivity contribution < 1.29 is 4.79 Å². The molecule has 9 heteroatoms. The average molecular weight is 484 g/mol. The summed E-state index contributed by atoms with van der Waals surface area (Å²) in [4.78, 5) is 12.7. The number of amides is 1. The number of benzene rings is 3. The second-order valence-electron chi connectivity index (χ2n) is 7.03. The Hall–Kier alpha value is -3.13. The molecule has 0 radical (unpaired) electrons. The van der Waals surface area contributed by atoms with Gasteiger partial charge in [-0.05, 0) is 60.2 Å². The molecule has 0 unspecified atom stereocenters. The highest BCUT2D eigenvalue weighted by atomic mass is 35.5. The Morgan fingerprint density at radius 2 is 1.78 bits per heavy atom. The summed E-state index contributed by atoms with van der Waals surface area (Å²) in [5.41, 5.74) is 3.32. The molecule has 0 aliphatic heterocycles. The van der Waals surface area contributed by atoms with Crippen LogP contribution >= 0.6 is 35.4 Å². The third-order valence-electron chi connectivity index (χ3n) is 4.74. The fourth-order valence-corrected chi connectivity index (χ4v) is 3.73. The van der Waals surface area contributed by atoms with E-state index in [9.17, 15) is 4.79 Å². The minimum Gasteiger partial charge on any atom is -0.380 e. The zero-order chi connectivity index (χ0) is 22.5. The van der Waals surface area contributed by atoms with Gasteiger partial charge in [0.1, 0.15) is 6.54 Å². The molecule has 0 aliphatic rings. The molecule has 1 aromatic heterocycles. The molecule has 3 aromatic carbocycles. The van der Waals surface area contributed by atoms with Gasteiger partial charge in [-0.25, -0.2) is 0 Å². The molecule has 3 N–H and O–H groups in total. The Bertz CT molecular complexity index is 1290. The number of H-pyrrole nitrogens is 1. The zero-order valence-electron chi connectivity index (χ0n) is 16.8. The topological polar surface area (TPSA) is 74.7 Å². The number of rotatable bonds is 7. The summed E-state index contributed by atoms with van der Waals surface area (Å²) in [5, 5.41) is 14.3. The van der Waals surface area contributed by atoms with Crippen LogP contribution in [0.1, 0.15) is 5.56 Å². The van der Waals surface area contributed by atoms with Crippen LogP contribution < -0.4 is 10.6 Å². The minimum atomic E-state index is -0.251. The van der Waals surface area contributed by atoms with Crippen molar-refractivity contribution in [1.29, 1.82) is 0 Å². The molecule has 0 spiro atoms. The van der Waals surface area contributed by atoms with Crippen LogP contribution in [0.25, 0.3) is 11.4 Å². The molecule has 32 heavy (non-hydrogen) atoms. The van der Waals surface area contributed by atoms with E-state index in [1.54, 1.807) is 28.8 Å². The first kappa shape index (κ1) is 22.1. The summed E-state index contributed by atoms with van der Waals surface area (Å²) >= 11 is 17.7. The molecule has 4 aromatic rings. The maximum absolute atomic E-state index is 12.7. The highest BCUT2D eigenvalue weighted by Gasteiger charge is 2.13. The number of hydrogen-bond donors (Lipinski definition) is 3. The molecule has 0 bridgehead atoms. The van der Waals surface area contributed by atoms with Crippen molar-refractivity contribution in [2.24, 2.45) is 0 Å². The van der Waals surface area contributed by atoms with E-state index < -0.39 is 0 Å².